The van der Waals surface area contributed by atoms with Gasteiger partial charge in [0, 0.05) is 28.0 Å². The largest absolute Gasteiger partial charge is 0.493 e. The minimum Gasteiger partial charge on any atom is -0.493 e. The SMILES string of the molecule is COc1cc2c(Oc3ccc4[nH]c(C)cc4c3F)ncnc2cc1OCCOCCBr. The summed E-state index contributed by atoms with van der Waals surface area (Å²) < 4.78 is 37.4. The Balaban J connectivity index is 1.64. The molecule has 2 aromatic carbocycles. The average molecular weight is 490 g/mol. The van der Waals surface area contributed by atoms with E-state index in [1.54, 1.807) is 37.4 Å². The van der Waals surface area contributed by atoms with Crippen LogP contribution in [0.25, 0.3) is 21.8 Å². The molecule has 0 fully saturated rings. The van der Waals surface area contributed by atoms with Gasteiger partial charge >= 0.3 is 0 Å². The lowest BCUT2D eigenvalue weighted by Crippen LogP contribution is -2.08. The van der Waals surface area contributed by atoms with Gasteiger partial charge in [-0.05, 0) is 31.2 Å². The minimum absolute atomic E-state index is 0.0785. The monoisotopic (exact) mass is 489 g/mol. The van der Waals surface area contributed by atoms with Gasteiger partial charge in [0.25, 0.3) is 0 Å². The number of H-pyrrole nitrogens is 1. The molecule has 31 heavy (non-hydrogen) atoms. The fourth-order valence-corrected chi connectivity index (χ4v) is 3.46. The van der Waals surface area contributed by atoms with Gasteiger partial charge in [-0.15, -0.1) is 0 Å². The highest BCUT2D eigenvalue weighted by Gasteiger charge is 2.16. The Kier molecular flexibility index (Phi) is 6.53. The molecule has 9 heteroatoms. The molecule has 0 radical (unpaired) electrons. The maximum Gasteiger partial charge on any atom is 0.230 e. The third-order valence-corrected chi connectivity index (χ3v) is 4.96. The van der Waals surface area contributed by atoms with Crippen LogP contribution in [0.15, 0.2) is 36.7 Å². The molecule has 0 aliphatic heterocycles. The maximum absolute atomic E-state index is 15.0. The lowest BCUT2D eigenvalue weighted by atomic mass is 10.2. The maximum atomic E-state index is 15.0. The van der Waals surface area contributed by atoms with Gasteiger partial charge in [0.2, 0.25) is 5.88 Å². The Labute approximate surface area is 186 Å². The Bertz CT molecular complexity index is 1210. The van der Waals surface area contributed by atoms with Crippen molar-refractivity contribution in [3.05, 3.63) is 48.2 Å². The summed E-state index contributed by atoms with van der Waals surface area (Å²) in [5.41, 5.74) is 2.16. The number of aromatic nitrogens is 3. The van der Waals surface area contributed by atoms with Crippen LogP contribution in [0, 0.1) is 12.7 Å². The summed E-state index contributed by atoms with van der Waals surface area (Å²) >= 11 is 3.31. The van der Waals surface area contributed by atoms with Gasteiger partial charge in [-0.3, -0.25) is 0 Å². The third-order valence-electron chi connectivity index (χ3n) is 4.63. The molecular formula is C22H21BrFN3O4. The topological polar surface area (TPSA) is 78.5 Å². The van der Waals surface area contributed by atoms with Crippen molar-refractivity contribution in [3.63, 3.8) is 0 Å². The van der Waals surface area contributed by atoms with Crippen molar-refractivity contribution in [3.8, 4) is 23.1 Å². The van der Waals surface area contributed by atoms with Crippen molar-refractivity contribution in [1.29, 1.82) is 0 Å². The zero-order valence-electron chi connectivity index (χ0n) is 17.1. The van der Waals surface area contributed by atoms with Crippen molar-refractivity contribution in [2.75, 3.05) is 32.3 Å². The summed E-state index contributed by atoms with van der Waals surface area (Å²) in [6.07, 6.45) is 1.36. The molecule has 162 valence electrons. The molecule has 2 heterocycles. The molecule has 0 saturated carbocycles. The predicted octanol–water partition coefficient (Wildman–Crippen LogP) is 5.15. The van der Waals surface area contributed by atoms with E-state index < -0.39 is 5.82 Å². The zero-order chi connectivity index (χ0) is 21.8. The van der Waals surface area contributed by atoms with Crippen LogP contribution in [0.5, 0.6) is 23.1 Å². The van der Waals surface area contributed by atoms with E-state index in [0.717, 1.165) is 11.0 Å². The fraction of sp³-hybridized carbons (Fsp3) is 0.273. The number of fused-ring (bicyclic) bond motifs is 2. The van der Waals surface area contributed by atoms with E-state index in [9.17, 15) is 4.39 Å². The van der Waals surface area contributed by atoms with Crippen molar-refractivity contribution >= 4 is 37.7 Å². The Morgan fingerprint density at radius 1 is 1.00 bits per heavy atom. The van der Waals surface area contributed by atoms with E-state index in [0.29, 0.717) is 53.1 Å². The molecule has 0 unspecified atom stereocenters. The molecule has 1 N–H and O–H groups in total. The normalized spacial score (nSPS) is 11.2. The molecule has 4 aromatic rings. The number of aromatic amines is 1. The zero-order valence-corrected chi connectivity index (χ0v) is 18.7. The summed E-state index contributed by atoms with van der Waals surface area (Å²) in [6.45, 7) is 3.30. The number of ether oxygens (including phenoxy) is 4. The number of benzene rings is 2. The van der Waals surface area contributed by atoms with Gasteiger partial charge in [0.05, 0.1) is 31.2 Å². The molecule has 0 aliphatic carbocycles. The molecule has 0 bridgehead atoms. The first-order valence-corrected chi connectivity index (χ1v) is 10.8. The number of rotatable bonds is 9. The Morgan fingerprint density at radius 3 is 2.68 bits per heavy atom. The predicted molar refractivity (Wildman–Crippen MR) is 119 cm³/mol. The first-order valence-electron chi connectivity index (χ1n) is 9.65. The van der Waals surface area contributed by atoms with Crippen LogP contribution in [-0.4, -0.2) is 47.2 Å². The number of alkyl halides is 1. The van der Waals surface area contributed by atoms with Gasteiger partial charge in [-0.1, -0.05) is 15.9 Å². The number of nitrogens with one attached hydrogen (secondary N) is 1. The molecule has 0 atom stereocenters. The standard InChI is InChI=1S/C22H21BrFN3O4/c1-13-9-14-16(27-13)3-4-18(21(14)24)31-22-15-10-19(28-2)20(11-17(15)25-12-26-22)30-8-7-29-6-5-23/h3-4,9-12,27H,5-8H2,1-2H3. The molecule has 0 saturated heterocycles. The number of methoxy groups -OCH3 is 1. The molecule has 2 aromatic heterocycles. The lowest BCUT2D eigenvalue weighted by Gasteiger charge is -2.13. The highest BCUT2D eigenvalue weighted by atomic mass is 79.9. The lowest BCUT2D eigenvalue weighted by molar-refractivity contribution is 0.111. The second-order valence-corrected chi connectivity index (χ2v) is 7.54. The van der Waals surface area contributed by atoms with Gasteiger partial charge in [0.1, 0.15) is 12.9 Å². The molecule has 0 aliphatic rings. The molecule has 4 rings (SSSR count). The van der Waals surface area contributed by atoms with Crippen LogP contribution >= 0.6 is 15.9 Å². The summed E-state index contributed by atoms with van der Waals surface area (Å²) in [5, 5.41) is 1.80. The molecule has 7 nitrogen and oxygen atoms in total. The Morgan fingerprint density at radius 2 is 1.87 bits per heavy atom. The van der Waals surface area contributed by atoms with E-state index in [2.05, 4.69) is 30.9 Å². The number of hydrogen-bond acceptors (Lipinski definition) is 6. The van der Waals surface area contributed by atoms with E-state index in [1.807, 2.05) is 6.92 Å². The van der Waals surface area contributed by atoms with E-state index >= 15 is 0 Å². The minimum atomic E-state index is -0.455. The van der Waals surface area contributed by atoms with Crippen LogP contribution in [0.2, 0.25) is 0 Å². The molecular weight excluding hydrogens is 469 g/mol. The second-order valence-electron chi connectivity index (χ2n) is 6.74. The summed E-state index contributed by atoms with van der Waals surface area (Å²) in [7, 11) is 1.54. The average Bonchev–Trinajstić information content (AvgIpc) is 3.16. The fourth-order valence-electron chi connectivity index (χ4n) is 3.23. The van der Waals surface area contributed by atoms with Gasteiger partial charge in [0.15, 0.2) is 23.1 Å². The van der Waals surface area contributed by atoms with Crippen molar-refractivity contribution in [2.24, 2.45) is 0 Å². The second kappa shape index (κ2) is 9.49. The Hall–Kier alpha value is -2.91. The summed E-state index contributed by atoms with van der Waals surface area (Å²) in [6, 6.07) is 8.54. The highest BCUT2D eigenvalue weighted by molar-refractivity contribution is 9.09. The van der Waals surface area contributed by atoms with E-state index in [-0.39, 0.29) is 11.6 Å². The summed E-state index contributed by atoms with van der Waals surface area (Å²) in [5.74, 6) is 0.863. The van der Waals surface area contributed by atoms with Crippen molar-refractivity contribution in [1.82, 2.24) is 15.0 Å². The number of halogens is 2. The van der Waals surface area contributed by atoms with Crippen molar-refractivity contribution in [2.45, 2.75) is 6.92 Å². The quantitative estimate of drug-likeness (QED) is 0.258. The van der Waals surface area contributed by atoms with Crippen molar-refractivity contribution < 1.29 is 23.3 Å². The number of hydrogen-bond donors (Lipinski definition) is 1. The van der Waals surface area contributed by atoms with E-state index in [4.69, 9.17) is 18.9 Å². The van der Waals surface area contributed by atoms with Gasteiger partial charge < -0.3 is 23.9 Å². The van der Waals surface area contributed by atoms with Crippen LogP contribution in [-0.2, 0) is 4.74 Å². The first kappa shape index (κ1) is 21.3. The molecule has 0 spiro atoms. The number of nitrogens with zero attached hydrogens (tertiary/aromatic N) is 2. The molecule has 0 amide bonds. The van der Waals surface area contributed by atoms with Crippen LogP contribution in [0.1, 0.15) is 5.69 Å². The van der Waals surface area contributed by atoms with Crippen LogP contribution < -0.4 is 14.2 Å². The highest BCUT2D eigenvalue weighted by Crippen LogP contribution is 2.37. The number of aryl methyl sites for hydroxylation is 1. The van der Waals surface area contributed by atoms with Gasteiger partial charge in [-0.2, -0.15) is 0 Å². The smallest absolute Gasteiger partial charge is 0.230 e. The third kappa shape index (κ3) is 4.57. The first-order chi connectivity index (χ1) is 15.1. The van der Waals surface area contributed by atoms with Crippen LogP contribution in [0.4, 0.5) is 4.39 Å². The van der Waals surface area contributed by atoms with Gasteiger partial charge in [-0.25, -0.2) is 14.4 Å². The summed E-state index contributed by atoms with van der Waals surface area (Å²) in [4.78, 5) is 11.6. The van der Waals surface area contributed by atoms with E-state index in [1.165, 1.54) is 6.33 Å². The van der Waals surface area contributed by atoms with Crippen LogP contribution in [0.3, 0.4) is 0 Å².